The van der Waals surface area contributed by atoms with E-state index in [2.05, 4.69) is 9.71 Å². The van der Waals surface area contributed by atoms with Crippen LogP contribution < -0.4 is 20.7 Å². The maximum Gasteiger partial charge on any atom is 0.338 e. The molecule has 0 amide bonds. The van der Waals surface area contributed by atoms with Crippen molar-refractivity contribution >= 4 is 16.0 Å². The number of hydrogen-bond donors (Lipinski definition) is 2. The van der Waals surface area contributed by atoms with E-state index in [1.807, 2.05) is 20.8 Å². The highest BCUT2D eigenvalue weighted by Gasteiger charge is 2.28. The summed E-state index contributed by atoms with van der Waals surface area (Å²) >= 11 is 0. The molecule has 0 radical (unpaired) electrons. The number of carbonyl (C=O) groups excluding carboxylic acids is 1. The smallest absolute Gasteiger partial charge is 0.338 e. The van der Waals surface area contributed by atoms with Crippen molar-refractivity contribution in [1.29, 1.82) is 0 Å². The number of ether oxygens (including phenoxy) is 2. The number of H-pyrrole nitrogens is 1. The molecule has 0 atom stereocenters. The van der Waals surface area contributed by atoms with Crippen LogP contribution in [0.2, 0.25) is 0 Å². The van der Waals surface area contributed by atoms with E-state index >= 15 is 4.39 Å². The van der Waals surface area contributed by atoms with Crippen molar-refractivity contribution in [2.75, 3.05) is 21.3 Å². The molecule has 2 N–H and O–H groups in total. The molecule has 12 heteroatoms. The van der Waals surface area contributed by atoms with E-state index in [0.717, 1.165) is 10.6 Å². The van der Waals surface area contributed by atoms with Crippen molar-refractivity contribution in [2.45, 2.75) is 43.9 Å². The SMILES string of the molecule is CNS(=O)(=O)c1ccc(CCc2c(F)c(-n3ccc(=O)[nH]c3=O)cc(C(C)(C)C)c2OC)c(C(=O)OC)c1. The minimum absolute atomic E-state index is 0.0206. The van der Waals surface area contributed by atoms with Crippen molar-refractivity contribution < 1.29 is 27.1 Å². The topological polar surface area (TPSA) is 137 Å². The largest absolute Gasteiger partial charge is 0.496 e. The molecular weight excluding hydrogens is 517 g/mol. The van der Waals surface area contributed by atoms with Crippen LogP contribution >= 0.6 is 0 Å². The molecule has 0 aliphatic rings. The molecule has 204 valence electrons. The van der Waals surface area contributed by atoms with Gasteiger partial charge in [0.2, 0.25) is 10.0 Å². The molecule has 3 aromatic rings. The standard InChI is InChI=1S/C26H30FN3O7S/c1-26(2,3)19-14-20(30-12-11-21(31)29-25(30)33)22(27)17(23(19)36-5)10-8-15-7-9-16(38(34,35)28-4)13-18(15)24(32)37-6/h7,9,11-14,28H,8,10H2,1-6H3,(H,29,31,33). The van der Waals surface area contributed by atoms with Gasteiger partial charge in [-0.05, 0) is 49.1 Å². The van der Waals surface area contributed by atoms with Crippen LogP contribution in [0.25, 0.3) is 5.69 Å². The van der Waals surface area contributed by atoms with Crippen LogP contribution in [0.15, 0.2) is 51.0 Å². The van der Waals surface area contributed by atoms with Crippen LogP contribution in [0.5, 0.6) is 5.75 Å². The Bertz CT molecular complexity index is 1600. The highest BCUT2D eigenvalue weighted by atomic mass is 32.2. The fourth-order valence-corrected chi connectivity index (χ4v) is 4.85. The van der Waals surface area contributed by atoms with Crippen molar-refractivity contribution in [2.24, 2.45) is 0 Å². The minimum Gasteiger partial charge on any atom is -0.496 e. The molecule has 38 heavy (non-hydrogen) atoms. The lowest BCUT2D eigenvalue weighted by molar-refractivity contribution is 0.0599. The molecule has 0 unspecified atom stereocenters. The highest BCUT2D eigenvalue weighted by molar-refractivity contribution is 7.89. The Kier molecular flexibility index (Phi) is 8.27. The fourth-order valence-electron chi connectivity index (χ4n) is 4.10. The lowest BCUT2D eigenvalue weighted by Gasteiger charge is -2.26. The third-order valence-electron chi connectivity index (χ3n) is 6.10. The molecule has 3 rings (SSSR count). The second-order valence-corrected chi connectivity index (χ2v) is 11.4. The number of nitrogens with zero attached hydrogens (tertiary/aromatic N) is 1. The number of sulfonamides is 1. The maximum atomic E-state index is 16.0. The summed E-state index contributed by atoms with van der Waals surface area (Å²) in [5, 5.41) is 0. The van der Waals surface area contributed by atoms with Crippen LogP contribution in [0.1, 0.15) is 47.8 Å². The van der Waals surface area contributed by atoms with Gasteiger partial charge in [-0.2, -0.15) is 0 Å². The first-order chi connectivity index (χ1) is 17.7. The van der Waals surface area contributed by atoms with E-state index in [9.17, 15) is 22.8 Å². The summed E-state index contributed by atoms with van der Waals surface area (Å²) in [5.41, 5.74) is -0.796. The first kappa shape index (κ1) is 28.8. The summed E-state index contributed by atoms with van der Waals surface area (Å²) in [4.78, 5) is 38.6. The summed E-state index contributed by atoms with van der Waals surface area (Å²) in [6, 6.07) is 6.65. The minimum atomic E-state index is -3.82. The molecule has 1 aromatic heterocycles. The first-order valence-electron chi connectivity index (χ1n) is 11.6. The predicted octanol–water partition coefficient (Wildman–Crippen LogP) is 2.45. The number of hydrogen-bond acceptors (Lipinski definition) is 7. The van der Waals surface area contributed by atoms with Crippen LogP contribution in [-0.4, -0.2) is 45.2 Å². The number of aryl methyl sites for hydroxylation is 1. The summed E-state index contributed by atoms with van der Waals surface area (Å²) in [5.74, 6) is -1.20. The van der Waals surface area contributed by atoms with Gasteiger partial charge in [0.25, 0.3) is 5.56 Å². The number of rotatable bonds is 8. The normalized spacial score (nSPS) is 11.9. The Morgan fingerprint density at radius 1 is 1.11 bits per heavy atom. The average molecular weight is 548 g/mol. The number of nitrogens with one attached hydrogen (secondary N) is 2. The van der Waals surface area contributed by atoms with Crippen LogP contribution in [0, 0.1) is 5.82 Å². The average Bonchev–Trinajstić information content (AvgIpc) is 2.86. The lowest BCUT2D eigenvalue weighted by atomic mass is 9.83. The molecule has 0 bridgehead atoms. The number of aromatic amines is 1. The molecular formula is C26H30FN3O7S. The number of carbonyl (C=O) groups is 1. The molecule has 10 nitrogen and oxygen atoms in total. The van der Waals surface area contributed by atoms with Crippen molar-refractivity contribution in [3.8, 4) is 11.4 Å². The number of halogens is 1. The monoisotopic (exact) mass is 547 g/mol. The van der Waals surface area contributed by atoms with Gasteiger partial charge in [0.1, 0.15) is 5.75 Å². The molecule has 0 saturated carbocycles. The summed E-state index contributed by atoms with van der Waals surface area (Å²) < 4.78 is 54.2. The van der Waals surface area contributed by atoms with Gasteiger partial charge in [-0.25, -0.2) is 27.1 Å². The zero-order valence-electron chi connectivity index (χ0n) is 22.0. The van der Waals surface area contributed by atoms with Gasteiger partial charge in [0, 0.05) is 23.4 Å². The Morgan fingerprint density at radius 2 is 1.79 bits per heavy atom. The van der Waals surface area contributed by atoms with Crippen molar-refractivity contribution in [3.05, 3.63) is 85.4 Å². The number of benzene rings is 2. The second-order valence-electron chi connectivity index (χ2n) is 9.52. The number of esters is 1. The van der Waals surface area contributed by atoms with Crippen molar-refractivity contribution in [3.63, 3.8) is 0 Å². The summed E-state index contributed by atoms with van der Waals surface area (Å²) in [6.07, 6.45) is 1.34. The van der Waals surface area contributed by atoms with Gasteiger partial charge in [-0.15, -0.1) is 0 Å². The molecule has 0 aliphatic heterocycles. The van der Waals surface area contributed by atoms with Gasteiger partial charge in [0.15, 0.2) is 5.82 Å². The Balaban J connectivity index is 2.20. The van der Waals surface area contributed by atoms with E-state index in [-0.39, 0.29) is 40.3 Å². The Hall–Kier alpha value is -3.77. The van der Waals surface area contributed by atoms with Crippen LogP contribution in [0.4, 0.5) is 4.39 Å². The van der Waals surface area contributed by atoms with Gasteiger partial charge in [-0.1, -0.05) is 26.8 Å². The van der Waals surface area contributed by atoms with E-state index in [1.165, 1.54) is 51.7 Å². The van der Waals surface area contributed by atoms with E-state index < -0.39 is 38.5 Å². The van der Waals surface area contributed by atoms with E-state index in [1.54, 1.807) is 0 Å². The Morgan fingerprint density at radius 3 is 2.34 bits per heavy atom. The van der Waals surface area contributed by atoms with Crippen molar-refractivity contribution in [1.82, 2.24) is 14.3 Å². The molecule has 0 spiro atoms. The van der Waals surface area contributed by atoms with Crippen LogP contribution in [-0.2, 0) is 33.0 Å². The molecule has 0 aliphatic carbocycles. The zero-order chi connectivity index (χ0) is 28.4. The van der Waals surface area contributed by atoms with E-state index in [0.29, 0.717) is 11.1 Å². The van der Waals surface area contributed by atoms with Gasteiger partial charge < -0.3 is 9.47 Å². The number of aromatic nitrogens is 2. The second kappa shape index (κ2) is 10.9. The quantitative estimate of drug-likeness (QED) is 0.414. The van der Waals surface area contributed by atoms with Gasteiger partial charge >= 0.3 is 11.7 Å². The third-order valence-corrected chi connectivity index (χ3v) is 7.51. The zero-order valence-corrected chi connectivity index (χ0v) is 22.8. The fraction of sp³-hybridized carbons (Fsp3) is 0.346. The number of methoxy groups -OCH3 is 2. The summed E-state index contributed by atoms with van der Waals surface area (Å²) in [7, 11) is 0.0181. The van der Waals surface area contributed by atoms with Gasteiger partial charge in [-0.3, -0.25) is 14.3 Å². The third kappa shape index (κ3) is 5.70. The Labute approximate surface area is 219 Å². The molecule has 2 aromatic carbocycles. The van der Waals surface area contributed by atoms with Gasteiger partial charge in [0.05, 0.1) is 30.4 Å². The lowest BCUT2D eigenvalue weighted by Crippen LogP contribution is -2.29. The van der Waals surface area contributed by atoms with E-state index in [4.69, 9.17) is 9.47 Å². The predicted molar refractivity (Wildman–Crippen MR) is 139 cm³/mol. The molecule has 0 fully saturated rings. The molecule has 1 heterocycles. The van der Waals surface area contributed by atoms with Crippen LogP contribution in [0.3, 0.4) is 0 Å². The molecule has 0 saturated heterocycles. The highest BCUT2D eigenvalue weighted by Crippen LogP contribution is 2.39. The maximum absolute atomic E-state index is 16.0. The summed E-state index contributed by atoms with van der Waals surface area (Å²) in [6.45, 7) is 5.72. The first-order valence-corrected chi connectivity index (χ1v) is 13.1.